The largest absolute Gasteiger partial charge is 0.395 e. The van der Waals surface area contributed by atoms with Crippen molar-refractivity contribution in [3.05, 3.63) is 37.9 Å². The summed E-state index contributed by atoms with van der Waals surface area (Å²) in [6, 6.07) is 1.37. The molecule has 0 bridgehead atoms. The number of hydrogen-bond acceptors (Lipinski definition) is 4. The Labute approximate surface area is 140 Å². The monoisotopic (exact) mass is 368 g/mol. The van der Waals surface area contributed by atoms with Gasteiger partial charge in [-0.2, -0.15) is 0 Å². The zero-order valence-electron chi connectivity index (χ0n) is 10.3. The van der Waals surface area contributed by atoms with E-state index < -0.39 is 11.8 Å². The maximum absolute atomic E-state index is 12.0. The van der Waals surface area contributed by atoms with Crippen LogP contribution in [0.25, 0.3) is 0 Å². The van der Waals surface area contributed by atoms with Crippen LogP contribution in [0.5, 0.6) is 0 Å². The number of hydrogen-bond donors (Lipinski definition) is 2. The number of carbonyl (C=O) groups excluding carboxylic acids is 2. The van der Waals surface area contributed by atoms with Crippen LogP contribution >= 0.6 is 46.4 Å². The molecule has 2 amide bonds. The van der Waals surface area contributed by atoms with Gasteiger partial charge in [-0.25, -0.2) is 0 Å². The smallest absolute Gasteiger partial charge is 0.277 e. The van der Waals surface area contributed by atoms with E-state index in [1.807, 2.05) is 0 Å². The highest BCUT2D eigenvalue weighted by molar-refractivity contribution is 6.51. The average molecular weight is 370 g/mol. The molecule has 1 heterocycles. The minimum atomic E-state index is -0.591. The molecule has 0 aliphatic carbocycles. The first-order valence-electron chi connectivity index (χ1n) is 5.65. The van der Waals surface area contributed by atoms with Crippen LogP contribution in [0, 0.1) is 0 Å². The molecule has 2 N–H and O–H groups in total. The van der Waals surface area contributed by atoms with Gasteiger partial charge in [0.15, 0.2) is 0 Å². The summed E-state index contributed by atoms with van der Waals surface area (Å²) in [4.78, 5) is 24.5. The molecule has 0 fully saturated rings. The van der Waals surface area contributed by atoms with Crippen LogP contribution in [-0.4, -0.2) is 35.0 Å². The lowest BCUT2D eigenvalue weighted by Gasteiger charge is -2.15. The Kier molecular flexibility index (Phi) is 5.01. The summed E-state index contributed by atoms with van der Waals surface area (Å²) < 4.78 is 0. The van der Waals surface area contributed by atoms with Gasteiger partial charge in [-0.05, 0) is 6.07 Å². The van der Waals surface area contributed by atoms with Crippen LogP contribution in [0.1, 0.15) is 0 Å². The van der Waals surface area contributed by atoms with Crippen molar-refractivity contribution < 1.29 is 14.7 Å². The first-order valence-corrected chi connectivity index (χ1v) is 7.16. The molecule has 1 aliphatic heterocycles. The van der Waals surface area contributed by atoms with Gasteiger partial charge in [0.05, 0.1) is 38.9 Å². The first kappa shape index (κ1) is 16.4. The average Bonchev–Trinajstić information content (AvgIpc) is 2.69. The molecule has 0 atom stereocenters. The van der Waals surface area contributed by atoms with E-state index in [9.17, 15) is 9.59 Å². The maximum atomic E-state index is 12.0. The maximum Gasteiger partial charge on any atom is 0.277 e. The summed E-state index contributed by atoms with van der Waals surface area (Å²) >= 11 is 23.8. The van der Waals surface area contributed by atoms with E-state index in [2.05, 4.69) is 5.32 Å². The Morgan fingerprint density at radius 3 is 2.38 bits per heavy atom. The standard InChI is InChI=1S/C12H8Cl4N2O3/c13-5-3-6(14)11(10(16)9(5)15)17-7-4-8(20)18(1-2-19)12(7)21/h3-4,17,19H,1-2H2. The Morgan fingerprint density at radius 2 is 1.76 bits per heavy atom. The predicted molar refractivity (Wildman–Crippen MR) is 82.0 cm³/mol. The van der Waals surface area contributed by atoms with Gasteiger partial charge < -0.3 is 10.4 Å². The molecule has 0 saturated heterocycles. The lowest BCUT2D eigenvalue weighted by atomic mass is 10.3. The number of benzene rings is 1. The number of carbonyl (C=O) groups is 2. The van der Waals surface area contributed by atoms with E-state index >= 15 is 0 Å². The molecule has 1 aromatic rings. The number of amides is 2. The van der Waals surface area contributed by atoms with Crippen molar-refractivity contribution in [3.8, 4) is 0 Å². The Morgan fingerprint density at radius 1 is 1.10 bits per heavy atom. The van der Waals surface area contributed by atoms with Crippen LogP contribution in [0.2, 0.25) is 20.1 Å². The number of aliphatic hydroxyl groups is 1. The van der Waals surface area contributed by atoms with Crippen molar-refractivity contribution in [2.75, 3.05) is 18.5 Å². The molecule has 21 heavy (non-hydrogen) atoms. The van der Waals surface area contributed by atoms with Gasteiger partial charge in [-0.1, -0.05) is 46.4 Å². The van der Waals surface area contributed by atoms with E-state index in [1.165, 1.54) is 6.07 Å². The zero-order chi connectivity index (χ0) is 15.7. The van der Waals surface area contributed by atoms with Crippen LogP contribution in [0.3, 0.4) is 0 Å². The second-order valence-electron chi connectivity index (χ2n) is 4.04. The molecule has 9 heteroatoms. The van der Waals surface area contributed by atoms with Gasteiger partial charge in [-0.3, -0.25) is 14.5 Å². The third-order valence-electron chi connectivity index (χ3n) is 2.71. The van der Waals surface area contributed by atoms with Gasteiger partial charge in [0.25, 0.3) is 11.8 Å². The highest BCUT2D eigenvalue weighted by Crippen LogP contribution is 2.41. The van der Waals surface area contributed by atoms with Gasteiger partial charge in [0, 0.05) is 6.08 Å². The highest BCUT2D eigenvalue weighted by atomic mass is 35.5. The Hall–Kier alpha value is -0.980. The second kappa shape index (κ2) is 6.42. The number of aliphatic hydroxyl groups excluding tert-OH is 1. The minimum absolute atomic E-state index is 0.0179. The van der Waals surface area contributed by atoms with Crippen molar-refractivity contribution in [3.63, 3.8) is 0 Å². The first-order chi connectivity index (χ1) is 9.86. The number of anilines is 1. The van der Waals surface area contributed by atoms with E-state index in [1.54, 1.807) is 0 Å². The fourth-order valence-corrected chi connectivity index (χ4v) is 2.73. The van der Waals surface area contributed by atoms with Crippen molar-refractivity contribution >= 4 is 63.9 Å². The van der Waals surface area contributed by atoms with E-state index in [-0.39, 0.29) is 44.6 Å². The minimum Gasteiger partial charge on any atom is -0.395 e. The molecular formula is C12H8Cl4N2O3. The summed E-state index contributed by atoms with van der Waals surface area (Å²) in [6.45, 7) is -0.422. The summed E-state index contributed by atoms with van der Waals surface area (Å²) in [6.07, 6.45) is 1.09. The number of β-amino-alcohol motifs (C(OH)–C–C–N with tert-alkyl or cyclic N) is 1. The van der Waals surface area contributed by atoms with E-state index in [0.717, 1.165) is 11.0 Å². The van der Waals surface area contributed by atoms with Crippen molar-refractivity contribution in [2.24, 2.45) is 0 Å². The predicted octanol–water partition coefficient (Wildman–Crippen LogP) is 2.96. The molecule has 5 nitrogen and oxygen atoms in total. The fraction of sp³-hybridized carbons (Fsp3) is 0.167. The molecule has 0 aromatic heterocycles. The number of nitrogens with one attached hydrogen (secondary N) is 1. The van der Waals surface area contributed by atoms with Gasteiger partial charge in [0.2, 0.25) is 0 Å². The highest BCUT2D eigenvalue weighted by Gasteiger charge is 2.31. The molecule has 1 aliphatic rings. The van der Waals surface area contributed by atoms with Crippen LogP contribution in [0.15, 0.2) is 17.8 Å². The van der Waals surface area contributed by atoms with Crippen LogP contribution in [-0.2, 0) is 9.59 Å². The van der Waals surface area contributed by atoms with E-state index in [4.69, 9.17) is 51.5 Å². The molecule has 0 radical (unpaired) electrons. The Bertz CT molecular complexity index is 660. The lowest BCUT2D eigenvalue weighted by Crippen LogP contribution is -2.34. The number of rotatable bonds is 4. The van der Waals surface area contributed by atoms with E-state index in [0.29, 0.717) is 0 Å². The topological polar surface area (TPSA) is 69.6 Å². The third-order valence-corrected chi connectivity index (χ3v) is 4.27. The normalized spacial score (nSPS) is 14.7. The third kappa shape index (κ3) is 3.12. The number of nitrogens with zero attached hydrogens (tertiary/aromatic N) is 1. The molecule has 0 saturated carbocycles. The lowest BCUT2D eigenvalue weighted by molar-refractivity contribution is -0.137. The second-order valence-corrected chi connectivity index (χ2v) is 5.62. The molecule has 0 spiro atoms. The van der Waals surface area contributed by atoms with Crippen molar-refractivity contribution in [1.82, 2.24) is 4.90 Å². The van der Waals surface area contributed by atoms with Crippen LogP contribution < -0.4 is 5.32 Å². The van der Waals surface area contributed by atoms with Crippen molar-refractivity contribution in [2.45, 2.75) is 0 Å². The van der Waals surface area contributed by atoms with Gasteiger partial charge >= 0.3 is 0 Å². The van der Waals surface area contributed by atoms with Gasteiger partial charge in [0.1, 0.15) is 5.70 Å². The summed E-state index contributed by atoms with van der Waals surface area (Å²) in [5.41, 5.74) is 0.154. The molecule has 0 unspecified atom stereocenters. The molecule has 1 aromatic carbocycles. The summed E-state index contributed by atoms with van der Waals surface area (Å²) in [5.74, 6) is -1.13. The summed E-state index contributed by atoms with van der Waals surface area (Å²) in [7, 11) is 0. The quantitative estimate of drug-likeness (QED) is 0.486. The van der Waals surface area contributed by atoms with Crippen LogP contribution in [0.4, 0.5) is 5.69 Å². The van der Waals surface area contributed by atoms with Crippen molar-refractivity contribution in [1.29, 1.82) is 0 Å². The molecular weight excluding hydrogens is 362 g/mol. The summed E-state index contributed by atoms with van der Waals surface area (Å²) in [5, 5.41) is 11.9. The molecule has 2 rings (SSSR count). The molecule has 112 valence electrons. The number of halogens is 4. The Balaban J connectivity index is 2.32. The fourth-order valence-electron chi connectivity index (χ4n) is 1.73. The zero-order valence-corrected chi connectivity index (χ0v) is 13.3. The van der Waals surface area contributed by atoms with Gasteiger partial charge in [-0.15, -0.1) is 0 Å². The SMILES string of the molecule is O=C1C=C(Nc2c(Cl)cc(Cl)c(Cl)c2Cl)C(=O)N1CCO. The number of imide groups is 1.